The molecule has 0 saturated heterocycles. The molecule has 0 bridgehead atoms. The minimum absolute atomic E-state index is 0.172. The van der Waals surface area contributed by atoms with Crippen molar-refractivity contribution >= 4 is 11.6 Å². The molecule has 0 heterocycles. The fraction of sp³-hybridized carbons (Fsp3) is 0.500. The van der Waals surface area contributed by atoms with Crippen LogP contribution in [0.3, 0.4) is 0 Å². The number of benzene rings is 1. The maximum atomic E-state index is 6.00. The molecular formula is C12H18ClN. The molecular weight excluding hydrogens is 194 g/mol. The first kappa shape index (κ1) is 11.5. The summed E-state index contributed by atoms with van der Waals surface area (Å²) in [4.78, 5) is 0. The number of nitrogens with two attached hydrogens (primary N) is 1. The van der Waals surface area contributed by atoms with Gasteiger partial charge < -0.3 is 5.73 Å². The molecule has 0 radical (unpaired) electrons. The smallest absolute Gasteiger partial charge is 0.0408 e. The minimum Gasteiger partial charge on any atom is -0.325 e. The third kappa shape index (κ3) is 3.32. The van der Waals surface area contributed by atoms with Crippen molar-refractivity contribution in [1.82, 2.24) is 0 Å². The van der Waals surface area contributed by atoms with Crippen LogP contribution in [0.25, 0.3) is 0 Å². The molecule has 0 unspecified atom stereocenters. The quantitative estimate of drug-likeness (QED) is 0.817. The van der Waals surface area contributed by atoms with Crippen LogP contribution in [0.4, 0.5) is 0 Å². The van der Waals surface area contributed by atoms with E-state index < -0.39 is 0 Å². The standard InChI is InChI=1S/C12H18ClN/c1-4-9-5-6-11(13)7-10(9)8-12(2,3)14/h5-7H,4,8,14H2,1-3H3. The summed E-state index contributed by atoms with van der Waals surface area (Å²) >= 11 is 5.96. The summed E-state index contributed by atoms with van der Waals surface area (Å²) in [5, 5.41) is 0.793. The number of aryl methyl sites for hydroxylation is 1. The lowest BCUT2D eigenvalue weighted by molar-refractivity contribution is 0.515. The van der Waals surface area contributed by atoms with E-state index >= 15 is 0 Å². The van der Waals surface area contributed by atoms with Gasteiger partial charge in [-0.25, -0.2) is 0 Å². The molecule has 78 valence electrons. The Bertz CT molecular complexity index is 313. The van der Waals surface area contributed by atoms with Crippen LogP contribution < -0.4 is 5.73 Å². The molecule has 1 aromatic carbocycles. The Hall–Kier alpha value is -0.530. The Kier molecular flexibility index (Phi) is 3.57. The maximum Gasteiger partial charge on any atom is 0.0408 e. The summed E-state index contributed by atoms with van der Waals surface area (Å²) in [6.45, 7) is 6.22. The van der Waals surface area contributed by atoms with Gasteiger partial charge in [-0.3, -0.25) is 0 Å². The summed E-state index contributed by atoms with van der Waals surface area (Å²) in [6.07, 6.45) is 1.90. The molecule has 2 N–H and O–H groups in total. The zero-order chi connectivity index (χ0) is 10.8. The molecule has 2 heteroatoms. The number of rotatable bonds is 3. The van der Waals surface area contributed by atoms with Gasteiger partial charge in [0, 0.05) is 10.6 Å². The highest BCUT2D eigenvalue weighted by molar-refractivity contribution is 6.30. The van der Waals surface area contributed by atoms with Gasteiger partial charge in [-0.1, -0.05) is 24.6 Å². The molecule has 0 aromatic heterocycles. The highest BCUT2D eigenvalue weighted by atomic mass is 35.5. The van der Waals surface area contributed by atoms with E-state index in [0.717, 1.165) is 17.9 Å². The molecule has 0 aliphatic heterocycles. The first-order valence-corrected chi connectivity index (χ1v) is 5.36. The van der Waals surface area contributed by atoms with Gasteiger partial charge in [0.05, 0.1) is 0 Å². The van der Waals surface area contributed by atoms with E-state index in [1.54, 1.807) is 0 Å². The van der Waals surface area contributed by atoms with Crippen LogP contribution in [0.15, 0.2) is 18.2 Å². The van der Waals surface area contributed by atoms with Gasteiger partial charge in [-0.2, -0.15) is 0 Å². The van der Waals surface area contributed by atoms with E-state index in [9.17, 15) is 0 Å². The molecule has 0 fully saturated rings. The second kappa shape index (κ2) is 4.33. The van der Waals surface area contributed by atoms with E-state index in [0.29, 0.717) is 0 Å². The molecule has 1 rings (SSSR count). The molecule has 0 atom stereocenters. The summed E-state index contributed by atoms with van der Waals surface area (Å²) in [7, 11) is 0. The van der Waals surface area contributed by atoms with Gasteiger partial charge in [-0.05, 0) is 49.9 Å². The Balaban J connectivity index is 2.99. The SMILES string of the molecule is CCc1ccc(Cl)cc1CC(C)(C)N. The lowest BCUT2D eigenvalue weighted by atomic mass is 9.92. The van der Waals surface area contributed by atoms with Crippen LogP contribution in [0.1, 0.15) is 31.9 Å². The van der Waals surface area contributed by atoms with Crippen LogP contribution >= 0.6 is 11.6 Å². The highest BCUT2D eigenvalue weighted by Gasteiger charge is 2.13. The van der Waals surface area contributed by atoms with Crippen LogP contribution in [-0.2, 0) is 12.8 Å². The summed E-state index contributed by atoms with van der Waals surface area (Å²) < 4.78 is 0. The molecule has 0 aliphatic rings. The zero-order valence-corrected chi connectivity index (χ0v) is 9.86. The second-order valence-electron chi connectivity index (χ2n) is 4.43. The van der Waals surface area contributed by atoms with E-state index in [4.69, 9.17) is 17.3 Å². The van der Waals surface area contributed by atoms with Crippen LogP contribution in [0, 0.1) is 0 Å². The predicted molar refractivity (Wildman–Crippen MR) is 62.8 cm³/mol. The normalized spacial score (nSPS) is 11.8. The van der Waals surface area contributed by atoms with Crippen molar-refractivity contribution < 1.29 is 0 Å². The average molecular weight is 212 g/mol. The third-order valence-electron chi connectivity index (χ3n) is 2.20. The fourth-order valence-electron chi connectivity index (χ4n) is 1.59. The van der Waals surface area contributed by atoms with Gasteiger partial charge >= 0.3 is 0 Å². The van der Waals surface area contributed by atoms with Crippen molar-refractivity contribution in [3.8, 4) is 0 Å². The zero-order valence-electron chi connectivity index (χ0n) is 9.10. The molecule has 1 aromatic rings. The number of halogens is 1. The van der Waals surface area contributed by atoms with Crippen molar-refractivity contribution in [1.29, 1.82) is 0 Å². The van der Waals surface area contributed by atoms with Crippen molar-refractivity contribution in [3.63, 3.8) is 0 Å². The van der Waals surface area contributed by atoms with E-state index in [1.807, 2.05) is 26.0 Å². The van der Waals surface area contributed by atoms with Crippen molar-refractivity contribution in [2.45, 2.75) is 39.2 Å². The van der Waals surface area contributed by atoms with Gasteiger partial charge in [0.2, 0.25) is 0 Å². The summed E-state index contributed by atoms with van der Waals surface area (Å²) in [5.74, 6) is 0. The molecule has 0 spiro atoms. The minimum atomic E-state index is -0.172. The monoisotopic (exact) mass is 211 g/mol. The lowest BCUT2D eigenvalue weighted by Gasteiger charge is -2.20. The Morgan fingerprint density at radius 1 is 1.29 bits per heavy atom. The molecule has 0 saturated carbocycles. The Labute approximate surface area is 91.3 Å². The fourth-order valence-corrected chi connectivity index (χ4v) is 1.79. The predicted octanol–water partition coefficient (Wildman–Crippen LogP) is 3.18. The van der Waals surface area contributed by atoms with Crippen LogP contribution in [-0.4, -0.2) is 5.54 Å². The van der Waals surface area contributed by atoms with Crippen molar-refractivity contribution in [2.24, 2.45) is 5.73 Å². The first-order valence-electron chi connectivity index (χ1n) is 4.98. The molecule has 0 amide bonds. The van der Waals surface area contributed by atoms with Crippen molar-refractivity contribution in [2.75, 3.05) is 0 Å². The first-order chi connectivity index (χ1) is 6.42. The largest absolute Gasteiger partial charge is 0.325 e. The summed E-state index contributed by atoms with van der Waals surface area (Å²) in [5.41, 5.74) is 8.44. The topological polar surface area (TPSA) is 26.0 Å². The lowest BCUT2D eigenvalue weighted by Crippen LogP contribution is -2.34. The van der Waals surface area contributed by atoms with Gasteiger partial charge in [0.25, 0.3) is 0 Å². The van der Waals surface area contributed by atoms with Crippen molar-refractivity contribution in [3.05, 3.63) is 34.3 Å². The van der Waals surface area contributed by atoms with Gasteiger partial charge in [-0.15, -0.1) is 0 Å². The van der Waals surface area contributed by atoms with E-state index in [2.05, 4.69) is 13.0 Å². The maximum absolute atomic E-state index is 6.00. The molecule has 14 heavy (non-hydrogen) atoms. The van der Waals surface area contributed by atoms with Crippen LogP contribution in [0.5, 0.6) is 0 Å². The Morgan fingerprint density at radius 3 is 2.43 bits per heavy atom. The molecule has 0 aliphatic carbocycles. The van der Waals surface area contributed by atoms with Gasteiger partial charge in [0.1, 0.15) is 0 Å². The highest BCUT2D eigenvalue weighted by Crippen LogP contribution is 2.20. The summed E-state index contributed by atoms with van der Waals surface area (Å²) in [6, 6.07) is 6.05. The molecule has 1 nitrogen and oxygen atoms in total. The Morgan fingerprint density at radius 2 is 1.93 bits per heavy atom. The third-order valence-corrected chi connectivity index (χ3v) is 2.43. The van der Waals surface area contributed by atoms with E-state index in [-0.39, 0.29) is 5.54 Å². The van der Waals surface area contributed by atoms with E-state index in [1.165, 1.54) is 11.1 Å². The van der Waals surface area contributed by atoms with Gasteiger partial charge in [0.15, 0.2) is 0 Å². The number of hydrogen-bond acceptors (Lipinski definition) is 1. The number of hydrogen-bond donors (Lipinski definition) is 1. The average Bonchev–Trinajstić information content (AvgIpc) is 2.01. The second-order valence-corrected chi connectivity index (χ2v) is 4.87. The van der Waals surface area contributed by atoms with Crippen LogP contribution in [0.2, 0.25) is 5.02 Å².